The van der Waals surface area contributed by atoms with Crippen LogP contribution >= 0.6 is 0 Å². The van der Waals surface area contributed by atoms with Crippen molar-refractivity contribution < 1.29 is 4.79 Å². The van der Waals surface area contributed by atoms with E-state index in [-0.39, 0.29) is 12.1 Å². The standard InChI is InChI=1S/C15H20N2O/c1-2-16-13-9-6-5-8-12(13)15(18)17-11-7-3-4-10-14(16)17/h5-6,8-9,14H,2-4,7,10-11H2,1H3. The highest BCUT2D eigenvalue weighted by Crippen LogP contribution is 2.34. The van der Waals surface area contributed by atoms with Crippen molar-refractivity contribution in [2.24, 2.45) is 0 Å². The molecule has 1 aromatic rings. The van der Waals surface area contributed by atoms with E-state index in [0.717, 1.165) is 37.2 Å². The summed E-state index contributed by atoms with van der Waals surface area (Å²) in [5, 5.41) is 0. The molecule has 0 aromatic heterocycles. The minimum Gasteiger partial charge on any atom is -0.351 e. The second-order valence-corrected chi connectivity index (χ2v) is 5.13. The Balaban J connectivity index is 2.07. The third-order valence-corrected chi connectivity index (χ3v) is 4.13. The molecule has 2 aliphatic heterocycles. The van der Waals surface area contributed by atoms with Gasteiger partial charge in [-0.1, -0.05) is 18.6 Å². The van der Waals surface area contributed by atoms with Gasteiger partial charge in [0, 0.05) is 13.1 Å². The van der Waals surface area contributed by atoms with Crippen LogP contribution in [0.4, 0.5) is 5.69 Å². The molecule has 1 amide bonds. The van der Waals surface area contributed by atoms with Crippen molar-refractivity contribution in [3.8, 4) is 0 Å². The van der Waals surface area contributed by atoms with E-state index in [9.17, 15) is 4.79 Å². The molecule has 2 aliphatic rings. The lowest BCUT2D eigenvalue weighted by atomic mass is 10.0. The molecular formula is C15H20N2O. The van der Waals surface area contributed by atoms with Gasteiger partial charge in [-0.25, -0.2) is 0 Å². The lowest BCUT2D eigenvalue weighted by Gasteiger charge is -2.44. The number of carbonyl (C=O) groups is 1. The van der Waals surface area contributed by atoms with Crippen LogP contribution in [0, 0.1) is 0 Å². The molecule has 1 saturated heterocycles. The Morgan fingerprint density at radius 1 is 1.22 bits per heavy atom. The fourth-order valence-corrected chi connectivity index (χ4v) is 3.25. The number of nitrogens with zero attached hydrogens (tertiary/aromatic N) is 2. The van der Waals surface area contributed by atoms with E-state index in [2.05, 4.69) is 22.8 Å². The van der Waals surface area contributed by atoms with E-state index in [4.69, 9.17) is 0 Å². The smallest absolute Gasteiger partial charge is 0.257 e. The van der Waals surface area contributed by atoms with Crippen molar-refractivity contribution in [3.05, 3.63) is 29.8 Å². The highest BCUT2D eigenvalue weighted by Gasteiger charge is 2.36. The van der Waals surface area contributed by atoms with Crippen LogP contribution in [-0.4, -0.2) is 30.1 Å². The van der Waals surface area contributed by atoms with Crippen LogP contribution in [-0.2, 0) is 0 Å². The summed E-state index contributed by atoms with van der Waals surface area (Å²) >= 11 is 0. The summed E-state index contributed by atoms with van der Waals surface area (Å²) in [6, 6.07) is 8.03. The van der Waals surface area contributed by atoms with Crippen LogP contribution in [0.1, 0.15) is 43.0 Å². The molecule has 3 nitrogen and oxygen atoms in total. The predicted octanol–water partition coefficient (Wildman–Crippen LogP) is 2.87. The summed E-state index contributed by atoms with van der Waals surface area (Å²) in [5.41, 5.74) is 1.99. The molecule has 2 heterocycles. The molecule has 0 radical (unpaired) electrons. The maximum Gasteiger partial charge on any atom is 0.257 e. The van der Waals surface area contributed by atoms with Gasteiger partial charge in [-0.3, -0.25) is 4.79 Å². The molecule has 1 fully saturated rings. The Bertz CT molecular complexity index is 458. The number of hydrogen-bond acceptors (Lipinski definition) is 2. The van der Waals surface area contributed by atoms with E-state index in [1.54, 1.807) is 0 Å². The van der Waals surface area contributed by atoms with Crippen LogP contribution in [0.3, 0.4) is 0 Å². The van der Waals surface area contributed by atoms with Gasteiger partial charge in [-0.05, 0) is 38.3 Å². The maximum atomic E-state index is 12.6. The molecule has 0 N–H and O–H groups in total. The maximum absolute atomic E-state index is 12.6. The van der Waals surface area contributed by atoms with Gasteiger partial charge in [0.15, 0.2) is 0 Å². The zero-order valence-corrected chi connectivity index (χ0v) is 10.9. The van der Waals surface area contributed by atoms with Crippen molar-refractivity contribution in [1.29, 1.82) is 0 Å². The Morgan fingerprint density at radius 2 is 2.06 bits per heavy atom. The largest absolute Gasteiger partial charge is 0.351 e. The van der Waals surface area contributed by atoms with Crippen molar-refractivity contribution in [1.82, 2.24) is 4.90 Å². The molecule has 3 rings (SSSR count). The molecule has 0 bridgehead atoms. The minimum atomic E-state index is 0.224. The number of rotatable bonds is 1. The topological polar surface area (TPSA) is 23.6 Å². The van der Waals surface area contributed by atoms with Gasteiger partial charge in [0.25, 0.3) is 5.91 Å². The van der Waals surface area contributed by atoms with Gasteiger partial charge in [-0.15, -0.1) is 0 Å². The molecule has 0 saturated carbocycles. The number of carbonyl (C=O) groups excluding carboxylic acids is 1. The van der Waals surface area contributed by atoms with Crippen molar-refractivity contribution in [3.63, 3.8) is 0 Å². The molecule has 3 heteroatoms. The van der Waals surface area contributed by atoms with Crippen molar-refractivity contribution >= 4 is 11.6 Å². The summed E-state index contributed by atoms with van der Waals surface area (Å²) < 4.78 is 0. The highest BCUT2D eigenvalue weighted by atomic mass is 16.2. The summed E-state index contributed by atoms with van der Waals surface area (Å²) in [7, 11) is 0. The molecular weight excluding hydrogens is 224 g/mol. The van der Waals surface area contributed by atoms with Gasteiger partial charge in [0.1, 0.15) is 6.17 Å². The van der Waals surface area contributed by atoms with Crippen LogP contribution in [0.15, 0.2) is 24.3 Å². The lowest BCUT2D eigenvalue weighted by molar-refractivity contribution is 0.0657. The zero-order valence-electron chi connectivity index (χ0n) is 10.9. The Labute approximate surface area is 108 Å². The summed E-state index contributed by atoms with van der Waals surface area (Å²) in [6.07, 6.45) is 5.00. The van der Waals surface area contributed by atoms with Gasteiger partial charge in [0.2, 0.25) is 0 Å². The molecule has 18 heavy (non-hydrogen) atoms. The van der Waals surface area contributed by atoms with E-state index in [1.165, 1.54) is 12.8 Å². The number of benzene rings is 1. The Kier molecular flexibility index (Phi) is 2.98. The monoisotopic (exact) mass is 244 g/mol. The summed E-state index contributed by atoms with van der Waals surface area (Å²) in [6.45, 7) is 4.05. The van der Waals surface area contributed by atoms with Gasteiger partial charge in [-0.2, -0.15) is 0 Å². The molecule has 0 aliphatic carbocycles. The summed E-state index contributed by atoms with van der Waals surface area (Å²) in [4.78, 5) is 17.0. The van der Waals surface area contributed by atoms with E-state index in [0.29, 0.717) is 0 Å². The van der Waals surface area contributed by atoms with Gasteiger partial charge < -0.3 is 9.80 Å². The van der Waals surface area contributed by atoms with Crippen LogP contribution in [0.25, 0.3) is 0 Å². The molecule has 1 unspecified atom stereocenters. The van der Waals surface area contributed by atoms with E-state index in [1.807, 2.05) is 18.2 Å². The first kappa shape index (κ1) is 11.6. The van der Waals surface area contributed by atoms with Crippen molar-refractivity contribution in [2.75, 3.05) is 18.0 Å². The van der Waals surface area contributed by atoms with E-state index >= 15 is 0 Å². The highest BCUT2D eigenvalue weighted by molar-refractivity contribution is 6.02. The minimum absolute atomic E-state index is 0.224. The summed E-state index contributed by atoms with van der Waals surface area (Å²) in [5.74, 6) is 0.224. The number of amides is 1. The lowest BCUT2D eigenvalue weighted by Crippen LogP contribution is -2.54. The number of anilines is 1. The first-order valence-corrected chi connectivity index (χ1v) is 6.99. The Morgan fingerprint density at radius 3 is 2.89 bits per heavy atom. The average molecular weight is 244 g/mol. The fourth-order valence-electron chi connectivity index (χ4n) is 3.25. The first-order chi connectivity index (χ1) is 8.83. The normalized spacial score (nSPS) is 23.4. The van der Waals surface area contributed by atoms with Crippen LogP contribution < -0.4 is 4.90 Å². The first-order valence-electron chi connectivity index (χ1n) is 6.99. The molecule has 96 valence electrons. The second-order valence-electron chi connectivity index (χ2n) is 5.13. The van der Waals surface area contributed by atoms with Crippen LogP contribution in [0.5, 0.6) is 0 Å². The average Bonchev–Trinajstić information content (AvgIpc) is 2.65. The van der Waals surface area contributed by atoms with Gasteiger partial charge in [0.05, 0.1) is 11.3 Å². The Hall–Kier alpha value is -1.51. The molecule has 1 atom stereocenters. The molecule has 0 spiro atoms. The number of hydrogen-bond donors (Lipinski definition) is 0. The van der Waals surface area contributed by atoms with E-state index < -0.39 is 0 Å². The van der Waals surface area contributed by atoms with Gasteiger partial charge >= 0.3 is 0 Å². The number of fused-ring (bicyclic) bond motifs is 2. The van der Waals surface area contributed by atoms with Crippen molar-refractivity contribution in [2.45, 2.75) is 38.8 Å². The third-order valence-electron chi connectivity index (χ3n) is 4.13. The van der Waals surface area contributed by atoms with Crippen LogP contribution in [0.2, 0.25) is 0 Å². The molecule has 1 aromatic carbocycles. The zero-order chi connectivity index (χ0) is 12.5. The quantitative estimate of drug-likeness (QED) is 0.758. The SMILES string of the molecule is CCN1c2ccccc2C(=O)N2CCCCCC21. The third kappa shape index (κ3) is 1.69. The fraction of sp³-hybridized carbons (Fsp3) is 0.533. The second kappa shape index (κ2) is 4.63. The number of para-hydroxylation sites is 1. The predicted molar refractivity (Wildman–Crippen MR) is 72.8 cm³/mol.